The van der Waals surface area contributed by atoms with Gasteiger partial charge in [0.25, 0.3) is 0 Å². The van der Waals surface area contributed by atoms with Gasteiger partial charge in [-0.15, -0.1) is 0 Å². The summed E-state index contributed by atoms with van der Waals surface area (Å²) in [6.45, 7) is 0.190. The molecule has 13 heavy (non-hydrogen) atoms. The van der Waals surface area contributed by atoms with Crippen LogP contribution < -0.4 is 0 Å². The molecule has 0 N–H and O–H groups in total. The molecule has 1 aromatic heterocycles. The van der Waals surface area contributed by atoms with Crippen molar-refractivity contribution in [1.82, 2.24) is 4.98 Å². The lowest BCUT2D eigenvalue weighted by Crippen LogP contribution is -2.04. The van der Waals surface area contributed by atoms with Gasteiger partial charge in [-0.2, -0.15) is 0 Å². The van der Waals surface area contributed by atoms with E-state index >= 15 is 0 Å². The fraction of sp³-hybridized carbons (Fsp3) is 0.222. The molecule has 1 rings (SSSR count). The Hall–Kier alpha value is -1.71. The second-order valence-electron chi connectivity index (χ2n) is 2.39. The number of hydrogen-bond acceptors (Lipinski definition) is 4. The molecular weight excluding hydrogens is 170 g/mol. The maximum absolute atomic E-state index is 10.7. The summed E-state index contributed by atoms with van der Waals surface area (Å²) < 4.78 is 4.77. The van der Waals surface area contributed by atoms with E-state index in [2.05, 4.69) is 4.98 Å². The lowest BCUT2D eigenvalue weighted by atomic mass is 10.3. The third-order valence-electron chi connectivity index (χ3n) is 1.40. The summed E-state index contributed by atoms with van der Waals surface area (Å²) in [5.74, 6) is -0.508. The van der Waals surface area contributed by atoms with Crippen molar-refractivity contribution in [3.8, 4) is 0 Å². The number of carbonyl (C=O) groups excluding carboxylic acids is 2. The van der Waals surface area contributed by atoms with Crippen LogP contribution in [0.4, 0.5) is 0 Å². The normalized spacial score (nSPS) is 9.23. The van der Waals surface area contributed by atoms with Crippen LogP contribution in [0.3, 0.4) is 0 Å². The summed E-state index contributed by atoms with van der Waals surface area (Å²) in [6, 6.07) is 3.49. The van der Waals surface area contributed by atoms with E-state index in [0.29, 0.717) is 6.29 Å². The van der Waals surface area contributed by atoms with Crippen molar-refractivity contribution in [3.63, 3.8) is 0 Å². The molecule has 0 saturated heterocycles. The monoisotopic (exact) mass is 179 g/mol. The summed E-state index contributed by atoms with van der Waals surface area (Å²) in [6.07, 6.45) is 3.56. The Kier molecular flexibility index (Phi) is 3.63. The van der Waals surface area contributed by atoms with Crippen LogP contribution in [0.15, 0.2) is 24.5 Å². The summed E-state index contributed by atoms with van der Waals surface area (Å²) in [7, 11) is 0. The van der Waals surface area contributed by atoms with E-state index in [0.717, 1.165) is 5.56 Å². The lowest BCUT2D eigenvalue weighted by Gasteiger charge is -2.01. The lowest BCUT2D eigenvalue weighted by molar-refractivity contribution is -0.145. The van der Waals surface area contributed by atoms with Crippen LogP contribution >= 0.6 is 0 Å². The maximum Gasteiger partial charge on any atom is 0.313 e. The van der Waals surface area contributed by atoms with E-state index in [1.807, 2.05) is 0 Å². The van der Waals surface area contributed by atoms with Gasteiger partial charge in [0.05, 0.1) is 0 Å². The van der Waals surface area contributed by atoms with Gasteiger partial charge in [-0.25, -0.2) is 0 Å². The topological polar surface area (TPSA) is 56.3 Å². The Labute approximate surface area is 75.5 Å². The van der Waals surface area contributed by atoms with E-state index in [1.54, 1.807) is 24.5 Å². The number of nitrogens with zero attached hydrogens (tertiary/aromatic N) is 1. The molecule has 0 unspecified atom stereocenters. The minimum Gasteiger partial charge on any atom is -0.460 e. The zero-order valence-electron chi connectivity index (χ0n) is 6.97. The van der Waals surface area contributed by atoms with Crippen molar-refractivity contribution in [1.29, 1.82) is 0 Å². The minimum atomic E-state index is -0.508. The van der Waals surface area contributed by atoms with Gasteiger partial charge in [0, 0.05) is 12.4 Å². The molecule has 0 fully saturated rings. The molecule has 4 heteroatoms. The summed E-state index contributed by atoms with van der Waals surface area (Å²) in [5.41, 5.74) is 0.856. The summed E-state index contributed by atoms with van der Waals surface area (Å²) in [4.78, 5) is 24.5. The Morgan fingerprint density at radius 2 is 2.15 bits per heavy atom. The zero-order valence-corrected chi connectivity index (χ0v) is 6.97. The van der Waals surface area contributed by atoms with Crippen molar-refractivity contribution in [2.75, 3.05) is 0 Å². The predicted octanol–water partition coefficient (Wildman–Crippen LogP) is 0.714. The van der Waals surface area contributed by atoms with Gasteiger partial charge in [0.1, 0.15) is 19.3 Å². The van der Waals surface area contributed by atoms with Gasteiger partial charge < -0.3 is 9.53 Å². The Morgan fingerprint density at radius 3 is 2.77 bits per heavy atom. The molecule has 0 aliphatic rings. The molecule has 0 atom stereocenters. The fourth-order valence-electron chi connectivity index (χ4n) is 0.770. The number of pyridine rings is 1. The highest BCUT2D eigenvalue weighted by atomic mass is 16.5. The van der Waals surface area contributed by atoms with Crippen molar-refractivity contribution in [2.24, 2.45) is 0 Å². The van der Waals surface area contributed by atoms with Gasteiger partial charge in [-0.3, -0.25) is 9.78 Å². The third-order valence-corrected chi connectivity index (χ3v) is 1.40. The first kappa shape index (κ1) is 9.38. The van der Waals surface area contributed by atoms with Crippen LogP contribution in [0.5, 0.6) is 0 Å². The van der Waals surface area contributed by atoms with Gasteiger partial charge in [0.15, 0.2) is 0 Å². The Balaban J connectivity index is 2.35. The summed E-state index contributed by atoms with van der Waals surface area (Å²) in [5, 5.41) is 0. The molecule has 0 aromatic carbocycles. The molecule has 0 spiro atoms. The largest absolute Gasteiger partial charge is 0.460 e. The minimum absolute atomic E-state index is 0.189. The van der Waals surface area contributed by atoms with E-state index in [1.165, 1.54) is 0 Å². The van der Waals surface area contributed by atoms with Gasteiger partial charge in [0.2, 0.25) is 0 Å². The van der Waals surface area contributed by atoms with Crippen LogP contribution in [0, 0.1) is 0 Å². The molecular formula is C9H9NO3. The zero-order chi connectivity index (χ0) is 9.52. The first-order chi connectivity index (χ1) is 6.33. The number of ether oxygens (including phenoxy) is 1. The molecule has 0 amide bonds. The maximum atomic E-state index is 10.7. The molecule has 0 aliphatic carbocycles. The van der Waals surface area contributed by atoms with Gasteiger partial charge in [-0.1, -0.05) is 0 Å². The Bertz CT molecular complexity index is 284. The molecule has 0 radical (unpaired) electrons. The van der Waals surface area contributed by atoms with Crippen LogP contribution in [-0.4, -0.2) is 17.2 Å². The molecule has 0 saturated carbocycles. The van der Waals surface area contributed by atoms with Crippen molar-refractivity contribution in [3.05, 3.63) is 30.1 Å². The van der Waals surface area contributed by atoms with Gasteiger partial charge >= 0.3 is 5.97 Å². The SMILES string of the molecule is O=CCC(=O)OCc1ccncc1. The van der Waals surface area contributed by atoms with Crippen LogP contribution in [0.2, 0.25) is 0 Å². The van der Waals surface area contributed by atoms with Crippen LogP contribution in [0.25, 0.3) is 0 Å². The quantitative estimate of drug-likeness (QED) is 0.388. The smallest absolute Gasteiger partial charge is 0.313 e. The van der Waals surface area contributed by atoms with Crippen molar-refractivity contribution >= 4 is 12.3 Å². The average molecular weight is 179 g/mol. The number of carbonyl (C=O) groups is 2. The van der Waals surface area contributed by atoms with Crippen molar-refractivity contribution < 1.29 is 14.3 Å². The number of hydrogen-bond donors (Lipinski definition) is 0. The predicted molar refractivity (Wildman–Crippen MR) is 44.7 cm³/mol. The van der Waals surface area contributed by atoms with Gasteiger partial charge in [-0.05, 0) is 17.7 Å². The van der Waals surface area contributed by atoms with Crippen LogP contribution in [0.1, 0.15) is 12.0 Å². The second kappa shape index (κ2) is 5.03. The number of aromatic nitrogens is 1. The number of rotatable bonds is 4. The summed E-state index contributed by atoms with van der Waals surface area (Å²) >= 11 is 0. The highest BCUT2D eigenvalue weighted by Gasteiger charge is 2.00. The average Bonchev–Trinajstić information content (AvgIpc) is 2.17. The molecule has 4 nitrogen and oxygen atoms in total. The third kappa shape index (κ3) is 3.46. The van der Waals surface area contributed by atoms with E-state index in [-0.39, 0.29) is 13.0 Å². The number of esters is 1. The molecule has 0 bridgehead atoms. The molecule has 0 aliphatic heterocycles. The second-order valence-corrected chi connectivity index (χ2v) is 2.39. The molecule has 1 aromatic rings. The first-order valence-electron chi connectivity index (χ1n) is 3.81. The highest BCUT2D eigenvalue weighted by molar-refractivity contribution is 5.83. The number of aldehydes is 1. The molecule has 1 heterocycles. The fourth-order valence-corrected chi connectivity index (χ4v) is 0.770. The first-order valence-corrected chi connectivity index (χ1v) is 3.81. The van der Waals surface area contributed by atoms with Crippen LogP contribution in [-0.2, 0) is 20.9 Å². The van der Waals surface area contributed by atoms with E-state index < -0.39 is 5.97 Å². The van der Waals surface area contributed by atoms with E-state index in [9.17, 15) is 9.59 Å². The standard InChI is InChI=1S/C9H9NO3/c11-6-3-9(12)13-7-8-1-4-10-5-2-8/h1-2,4-6H,3,7H2. The van der Waals surface area contributed by atoms with Crippen molar-refractivity contribution in [2.45, 2.75) is 13.0 Å². The van der Waals surface area contributed by atoms with E-state index in [4.69, 9.17) is 4.74 Å². The highest BCUT2D eigenvalue weighted by Crippen LogP contribution is 1.99. The molecule has 68 valence electrons. The Morgan fingerprint density at radius 1 is 1.46 bits per heavy atom.